The Kier molecular flexibility index (Phi) is 20.1. The van der Waals surface area contributed by atoms with Gasteiger partial charge in [-0.1, -0.05) is 33.1 Å². The van der Waals surface area contributed by atoms with Gasteiger partial charge in [0.1, 0.15) is 5.75 Å². The van der Waals surface area contributed by atoms with Gasteiger partial charge in [-0.05, 0) is 57.0 Å². The number of carbonyl (C=O) groups excluding carboxylic acids is 1. The van der Waals surface area contributed by atoms with E-state index in [1.165, 1.54) is 5.69 Å². The molecule has 1 aromatic carbocycles. The van der Waals surface area contributed by atoms with E-state index in [0.29, 0.717) is 0 Å². The van der Waals surface area contributed by atoms with Crippen LogP contribution >= 0.6 is 0 Å². The van der Waals surface area contributed by atoms with Crippen molar-refractivity contribution in [2.75, 3.05) is 64.4 Å². The molecule has 0 unspecified atom stereocenters. The van der Waals surface area contributed by atoms with Gasteiger partial charge in [0.15, 0.2) is 0 Å². The highest BCUT2D eigenvalue weighted by molar-refractivity contribution is 5.80. The normalized spacial score (nSPS) is 14.1. The number of hydrogen-bond acceptors (Lipinski definition) is 6. The second kappa shape index (κ2) is 21.5. The summed E-state index contributed by atoms with van der Waals surface area (Å²) in [6.07, 6.45) is 5.65. The van der Waals surface area contributed by atoms with Gasteiger partial charge in [-0.3, -0.25) is 9.69 Å². The Bertz CT molecular complexity index is 757. The van der Waals surface area contributed by atoms with Gasteiger partial charge in [-0.25, -0.2) is 0 Å². The molecule has 1 amide bonds. The molecule has 1 heterocycles. The lowest BCUT2D eigenvalue weighted by Crippen LogP contribution is -2.45. The van der Waals surface area contributed by atoms with Crippen LogP contribution in [0.5, 0.6) is 5.75 Å². The molecule has 4 N–H and O–H groups in total. The molecule has 2 rings (SSSR count). The summed E-state index contributed by atoms with van der Waals surface area (Å²) in [7, 11) is 1.95. The summed E-state index contributed by atoms with van der Waals surface area (Å²) in [5, 5.41) is 12.2. The lowest BCUT2D eigenvalue weighted by atomic mass is 9.80. The Balaban J connectivity index is 0.000000679. The average molecular weight is 517 g/mol. The largest absolute Gasteiger partial charge is 0.494 e. The maximum atomic E-state index is 11.2. The van der Waals surface area contributed by atoms with E-state index in [4.69, 9.17) is 15.6 Å². The Morgan fingerprint density at radius 3 is 2.32 bits per heavy atom. The number of anilines is 1. The Hall–Kier alpha value is -2.53. The van der Waals surface area contributed by atoms with Crippen molar-refractivity contribution in [2.24, 2.45) is 11.1 Å². The lowest BCUT2D eigenvalue weighted by molar-refractivity contribution is -0.129. The van der Waals surface area contributed by atoms with Gasteiger partial charge in [0.05, 0.1) is 13.2 Å². The molecular weight excluding hydrogens is 464 g/mol. The minimum absolute atomic E-state index is 0.165. The van der Waals surface area contributed by atoms with E-state index in [1.54, 1.807) is 0 Å². The fraction of sp³-hybridized carbons (Fsp3) is 0.633. The quantitative estimate of drug-likeness (QED) is 0.208. The number of unbranched alkanes of at least 4 members (excludes halogenated alkanes) is 1. The van der Waals surface area contributed by atoms with Crippen LogP contribution in [0.4, 0.5) is 5.69 Å². The second-order valence-corrected chi connectivity index (χ2v) is 9.27. The highest BCUT2D eigenvalue weighted by Crippen LogP contribution is 2.30. The number of rotatable bonds is 13. The molecule has 1 aromatic rings. The first-order valence-corrected chi connectivity index (χ1v) is 13.6. The highest BCUT2D eigenvalue weighted by atomic mass is 16.5. The van der Waals surface area contributed by atoms with Crippen molar-refractivity contribution in [1.29, 1.82) is 0 Å². The zero-order valence-electron chi connectivity index (χ0n) is 23.9. The molecule has 1 aliphatic rings. The lowest BCUT2D eigenvalue weighted by Gasteiger charge is -2.36. The highest BCUT2D eigenvalue weighted by Gasteiger charge is 2.34. The van der Waals surface area contributed by atoms with Crippen LogP contribution < -0.4 is 20.7 Å². The summed E-state index contributed by atoms with van der Waals surface area (Å²) in [6, 6.07) is 8.23. The van der Waals surface area contributed by atoms with Gasteiger partial charge >= 0.3 is 0 Å². The predicted octanol–water partition coefficient (Wildman–Crippen LogP) is 4.06. The minimum atomic E-state index is -0.297. The summed E-state index contributed by atoms with van der Waals surface area (Å²) in [4.78, 5) is 15.8. The Morgan fingerprint density at radius 1 is 1.16 bits per heavy atom. The van der Waals surface area contributed by atoms with E-state index in [0.717, 1.165) is 90.1 Å². The molecule has 1 saturated heterocycles. The van der Waals surface area contributed by atoms with Crippen LogP contribution in [-0.2, 0) is 4.79 Å². The van der Waals surface area contributed by atoms with Gasteiger partial charge in [-0.15, -0.1) is 19.1 Å². The van der Waals surface area contributed by atoms with E-state index in [9.17, 15) is 4.79 Å². The predicted molar refractivity (Wildman–Crippen MR) is 157 cm³/mol. The van der Waals surface area contributed by atoms with Gasteiger partial charge < -0.3 is 25.8 Å². The molecule has 1 fully saturated rings. The minimum Gasteiger partial charge on any atom is -0.494 e. The fourth-order valence-electron chi connectivity index (χ4n) is 3.71. The van der Waals surface area contributed by atoms with Crippen molar-refractivity contribution in [3.63, 3.8) is 0 Å². The number of benzene rings is 1. The first-order chi connectivity index (χ1) is 17.9. The van der Waals surface area contributed by atoms with Crippen molar-refractivity contribution in [2.45, 2.75) is 59.3 Å². The Labute approximate surface area is 226 Å². The van der Waals surface area contributed by atoms with Crippen molar-refractivity contribution < 1.29 is 14.6 Å². The number of likely N-dealkylation sites (N-methyl/N-ethyl adjacent to an activating group) is 1. The number of hydrogen-bond donors (Lipinski definition) is 3. The fourth-order valence-corrected chi connectivity index (χ4v) is 3.71. The van der Waals surface area contributed by atoms with Crippen LogP contribution in [0.3, 0.4) is 0 Å². The molecule has 7 nitrogen and oxygen atoms in total. The maximum absolute atomic E-state index is 11.2. The van der Waals surface area contributed by atoms with Crippen LogP contribution in [-0.4, -0.2) is 75.4 Å². The summed E-state index contributed by atoms with van der Waals surface area (Å²) >= 11 is 0. The number of carbonyl (C=O) groups is 1. The third-order valence-electron chi connectivity index (χ3n) is 6.35. The number of piperidine rings is 1. The van der Waals surface area contributed by atoms with Gasteiger partial charge in [0.25, 0.3) is 0 Å². The molecular formula is C30H52N4O3. The summed E-state index contributed by atoms with van der Waals surface area (Å²) in [6.45, 7) is 18.6. The molecule has 0 radical (unpaired) electrons. The number of amides is 1. The SMILES string of the molecule is C=C.CCC#CCN1CCC(C)(C(N)=O)CC1.CCCCOc1ccc(N(CCCO)CCNC)cc1. The number of nitrogens with zero attached hydrogens (tertiary/aromatic N) is 2. The Morgan fingerprint density at radius 2 is 1.81 bits per heavy atom. The first kappa shape index (κ1) is 34.5. The zero-order chi connectivity index (χ0) is 27.9. The van der Waals surface area contributed by atoms with E-state index in [1.807, 2.05) is 33.0 Å². The second-order valence-electron chi connectivity index (χ2n) is 9.27. The number of likely N-dealkylation sites (tertiary alicyclic amines) is 1. The monoisotopic (exact) mass is 516 g/mol. The van der Waals surface area contributed by atoms with Gasteiger partial charge in [0, 0.05) is 56.9 Å². The maximum Gasteiger partial charge on any atom is 0.223 e. The van der Waals surface area contributed by atoms with Crippen LogP contribution in [0, 0.1) is 17.3 Å². The van der Waals surface area contributed by atoms with Crippen molar-refractivity contribution >= 4 is 11.6 Å². The standard InChI is InChI=1S/C16H28N2O2.C12H20N2O.C2H4/c1-3-4-14-20-16-8-6-15(7-9-16)18(11-5-13-19)12-10-17-2;1-3-4-5-8-14-9-6-12(2,7-10-14)11(13)15;1-2/h6-9,17,19H,3-5,10-14H2,1-2H3;3,6-10H2,1-2H3,(H2,13,15);1-2H2. The molecule has 37 heavy (non-hydrogen) atoms. The molecule has 210 valence electrons. The molecule has 0 saturated carbocycles. The van der Waals surface area contributed by atoms with Crippen molar-refractivity contribution in [3.05, 3.63) is 37.4 Å². The van der Waals surface area contributed by atoms with Crippen LogP contribution in [0.15, 0.2) is 37.4 Å². The van der Waals surface area contributed by atoms with Crippen molar-refractivity contribution in [1.82, 2.24) is 10.2 Å². The van der Waals surface area contributed by atoms with E-state index in [2.05, 4.69) is 59.2 Å². The molecule has 0 spiro atoms. The number of nitrogens with one attached hydrogen (secondary N) is 1. The summed E-state index contributed by atoms with van der Waals surface area (Å²) in [5.41, 5.74) is 6.26. The van der Waals surface area contributed by atoms with Crippen LogP contribution in [0.1, 0.15) is 59.3 Å². The topological polar surface area (TPSA) is 91.1 Å². The van der Waals surface area contributed by atoms with E-state index in [-0.39, 0.29) is 17.9 Å². The van der Waals surface area contributed by atoms with Gasteiger partial charge in [0.2, 0.25) is 5.91 Å². The summed E-state index contributed by atoms with van der Waals surface area (Å²) < 4.78 is 5.67. The van der Waals surface area contributed by atoms with E-state index < -0.39 is 0 Å². The first-order valence-electron chi connectivity index (χ1n) is 13.6. The number of primary amides is 1. The third kappa shape index (κ3) is 14.7. The third-order valence-corrected chi connectivity index (χ3v) is 6.35. The van der Waals surface area contributed by atoms with E-state index >= 15 is 0 Å². The molecule has 7 heteroatoms. The number of nitrogens with two attached hydrogens (primary N) is 1. The molecule has 1 aliphatic heterocycles. The number of aliphatic hydroxyl groups excluding tert-OH is 1. The number of aliphatic hydroxyl groups is 1. The number of ether oxygens (including phenoxy) is 1. The average Bonchev–Trinajstić information content (AvgIpc) is 2.92. The molecule has 0 aliphatic carbocycles. The van der Waals surface area contributed by atoms with Crippen molar-refractivity contribution in [3.8, 4) is 17.6 Å². The zero-order valence-corrected chi connectivity index (χ0v) is 23.9. The molecule has 0 aromatic heterocycles. The summed E-state index contributed by atoms with van der Waals surface area (Å²) in [5.74, 6) is 6.94. The van der Waals surface area contributed by atoms with Crippen LogP contribution in [0.2, 0.25) is 0 Å². The van der Waals surface area contributed by atoms with Crippen LogP contribution in [0.25, 0.3) is 0 Å². The van der Waals surface area contributed by atoms with Gasteiger partial charge in [-0.2, -0.15) is 0 Å². The smallest absolute Gasteiger partial charge is 0.223 e. The molecule has 0 bridgehead atoms. The molecule has 0 atom stereocenters.